The topological polar surface area (TPSA) is 29.3 Å². The van der Waals surface area contributed by atoms with E-state index in [9.17, 15) is 0 Å². The first kappa shape index (κ1) is 10.5. The Labute approximate surface area is 87.9 Å². The van der Waals surface area contributed by atoms with E-state index in [-0.39, 0.29) is 0 Å². The van der Waals surface area contributed by atoms with Crippen molar-refractivity contribution in [3.8, 4) is 0 Å². The molecule has 0 spiro atoms. The van der Waals surface area contributed by atoms with Crippen LogP contribution in [0.3, 0.4) is 0 Å². The maximum absolute atomic E-state index is 5.59. The second-order valence-electron chi connectivity index (χ2n) is 3.04. The minimum atomic E-state index is 0.587. The molecule has 0 fully saturated rings. The average molecular weight is 243 g/mol. The summed E-state index contributed by atoms with van der Waals surface area (Å²) in [5, 5.41) is 0. The van der Waals surface area contributed by atoms with E-state index in [1.165, 1.54) is 5.69 Å². The second-order valence-corrected chi connectivity index (χ2v) is 3.95. The van der Waals surface area contributed by atoms with Crippen molar-refractivity contribution >= 4 is 21.6 Å². The van der Waals surface area contributed by atoms with Crippen LogP contribution in [-0.2, 0) is 6.54 Å². The zero-order chi connectivity index (χ0) is 9.84. The molecule has 3 heteroatoms. The van der Waals surface area contributed by atoms with Crippen molar-refractivity contribution in [3.05, 3.63) is 28.2 Å². The van der Waals surface area contributed by atoms with Gasteiger partial charge in [0.25, 0.3) is 0 Å². The fourth-order valence-corrected chi connectivity index (χ4v) is 1.68. The minimum absolute atomic E-state index is 0.587. The molecule has 0 aliphatic rings. The molecule has 0 radical (unpaired) electrons. The Morgan fingerprint density at radius 3 is 2.62 bits per heavy atom. The lowest BCUT2D eigenvalue weighted by Crippen LogP contribution is -2.16. The molecule has 1 aromatic rings. The van der Waals surface area contributed by atoms with E-state index in [1.807, 2.05) is 6.07 Å². The van der Waals surface area contributed by atoms with E-state index in [0.29, 0.717) is 6.54 Å². The van der Waals surface area contributed by atoms with Crippen LogP contribution in [0.5, 0.6) is 0 Å². The van der Waals surface area contributed by atoms with E-state index in [2.05, 4.69) is 46.9 Å². The quantitative estimate of drug-likeness (QED) is 0.883. The Kier molecular flexibility index (Phi) is 3.75. The molecule has 2 N–H and O–H groups in total. The molecule has 0 heterocycles. The van der Waals surface area contributed by atoms with Crippen molar-refractivity contribution in [2.24, 2.45) is 5.73 Å². The first-order valence-corrected chi connectivity index (χ1v) is 5.17. The van der Waals surface area contributed by atoms with Gasteiger partial charge in [-0.3, -0.25) is 0 Å². The van der Waals surface area contributed by atoms with Crippen molar-refractivity contribution in [1.82, 2.24) is 0 Å². The van der Waals surface area contributed by atoms with Gasteiger partial charge in [-0.25, -0.2) is 0 Å². The largest absolute Gasteiger partial charge is 0.375 e. The first-order chi connectivity index (χ1) is 6.17. The van der Waals surface area contributed by atoms with E-state index in [0.717, 1.165) is 16.6 Å². The molecule has 0 unspecified atom stereocenters. The Hall–Kier alpha value is -0.540. The lowest BCUT2D eigenvalue weighted by atomic mass is 10.2. The predicted octanol–water partition coefficient (Wildman–Crippen LogP) is 2.36. The second kappa shape index (κ2) is 4.63. The van der Waals surface area contributed by atoms with Gasteiger partial charge in [-0.15, -0.1) is 0 Å². The summed E-state index contributed by atoms with van der Waals surface area (Å²) in [6.45, 7) is 3.72. The maximum Gasteiger partial charge on any atom is 0.0378 e. The zero-order valence-corrected chi connectivity index (χ0v) is 9.63. The summed E-state index contributed by atoms with van der Waals surface area (Å²) in [7, 11) is 2.07. The number of nitrogens with zero attached hydrogens (tertiary/aromatic N) is 1. The standard InChI is InChI=1S/C10H15BrN2/c1-3-13(2)10-5-8(7-12)4-9(11)6-10/h4-6H,3,7,12H2,1-2H3. The van der Waals surface area contributed by atoms with Crippen molar-refractivity contribution in [2.75, 3.05) is 18.5 Å². The number of benzene rings is 1. The Balaban J connectivity index is 3.01. The highest BCUT2D eigenvalue weighted by Gasteiger charge is 2.01. The number of hydrogen-bond acceptors (Lipinski definition) is 2. The third kappa shape index (κ3) is 2.71. The van der Waals surface area contributed by atoms with Crippen LogP contribution in [0.15, 0.2) is 22.7 Å². The Morgan fingerprint density at radius 1 is 1.38 bits per heavy atom. The van der Waals surface area contributed by atoms with E-state index in [4.69, 9.17) is 5.73 Å². The molecule has 0 aliphatic carbocycles. The van der Waals surface area contributed by atoms with Crippen molar-refractivity contribution < 1.29 is 0 Å². The van der Waals surface area contributed by atoms with E-state index < -0.39 is 0 Å². The third-order valence-electron chi connectivity index (χ3n) is 2.09. The Bertz CT molecular complexity index is 286. The molecule has 0 aromatic heterocycles. The highest BCUT2D eigenvalue weighted by molar-refractivity contribution is 9.10. The van der Waals surface area contributed by atoms with Crippen LogP contribution in [0.1, 0.15) is 12.5 Å². The molecule has 0 saturated carbocycles. The van der Waals surface area contributed by atoms with Crippen LogP contribution >= 0.6 is 15.9 Å². The highest BCUT2D eigenvalue weighted by atomic mass is 79.9. The fourth-order valence-electron chi connectivity index (χ4n) is 1.15. The Morgan fingerprint density at radius 2 is 2.08 bits per heavy atom. The van der Waals surface area contributed by atoms with Gasteiger partial charge in [-0.2, -0.15) is 0 Å². The maximum atomic E-state index is 5.59. The summed E-state index contributed by atoms with van der Waals surface area (Å²) in [5.41, 5.74) is 7.95. The molecular weight excluding hydrogens is 228 g/mol. The van der Waals surface area contributed by atoms with E-state index >= 15 is 0 Å². The summed E-state index contributed by atoms with van der Waals surface area (Å²) >= 11 is 3.47. The van der Waals surface area contributed by atoms with Crippen molar-refractivity contribution in [1.29, 1.82) is 0 Å². The van der Waals surface area contributed by atoms with Gasteiger partial charge in [0, 0.05) is 30.3 Å². The molecule has 13 heavy (non-hydrogen) atoms. The SMILES string of the molecule is CCN(C)c1cc(Br)cc(CN)c1. The van der Waals surface area contributed by atoms with Gasteiger partial charge in [0.15, 0.2) is 0 Å². The summed E-state index contributed by atoms with van der Waals surface area (Å²) in [6.07, 6.45) is 0. The number of anilines is 1. The van der Waals surface area contributed by atoms with E-state index in [1.54, 1.807) is 0 Å². The smallest absolute Gasteiger partial charge is 0.0378 e. The molecule has 0 saturated heterocycles. The first-order valence-electron chi connectivity index (χ1n) is 4.38. The highest BCUT2D eigenvalue weighted by Crippen LogP contribution is 2.21. The number of rotatable bonds is 3. The predicted molar refractivity (Wildman–Crippen MR) is 61.0 cm³/mol. The average Bonchev–Trinajstić information content (AvgIpc) is 2.15. The molecule has 0 bridgehead atoms. The number of halogens is 1. The minimum Gasteiger partial charge on any atom is -0.375 e. The van der Waals surface area contributed by atoms with Gasteiger partial charge < -0.3 is 10.6 Å². The van der Waals surface area contributed by atoms with Gasteiger partial charge in [-0.1, -0.05) is 15.9 Å². The summed E-state index contributed by atoms with van der Waals surface area (Å²) in [4.78, 5) is 2.18. The van der Waals surface area contributed by atoms with Crippen LogP contribution in [0.2, 0.25) is 0 Å². The van der Waals surface area contributed by atoms with Gasteiger partial charge in [0.1, 0.15) is 0 Å². The summed E-state index contributed by atoms with van der Waals surface area (Å²) < 4.78 is 1.09. The van der Waals surface area contributed by atoms with Crippen molar-refractivity contribution in [2.45, 2.75) is 13.5 Å². The molecular formula is C10H15BrN2. The lowest BCUT2D eigenvalue weighted by Gasteiger charge is -2.17. The van der Waals surface area contributed by atoms with Crippen LogP contribution < -0.4 is 10.6 Å². The van der Waals surface area contributed by atoms with Crippen LogP contribution in [0.25, 0.3) is 0 Å². The molecule has 1 aromatic carbocycles. The molecule has 1 rings (SSSR count). The van der Waals surface area contributed by atoms with Gasteiger partial charge in [-0.05, 0) is 30.7 Å². The zero-order valence-electron chi connectivity index (χ0n) is 8.05. The van der Waals surface area contributed by atoms with Crippen LogP contribution in [-0.4, -0.2) is 13.6 Å². The number of hydrogen-bond donors (Lipinski definition) is 1. The normalized spacial score (nSPS) is 10.2. The molecule has 0 atom stereocenters. The molecule has 0 aliphatic heterocycles. The van der Waals surface area contributed by atoms with Crippen LogP contribution in [0.4, 0.5) is 5.69 Å². The number of nitrogens with two attached hydrogens (primary N) is 1. The molecule has 72 valence electrons. The summed E-state index contributed by atoms with van der Waals surface area (Å²) in [6, 6.07) is 6.27. The van der Waals surface area contributed by atoms with Gasteiger partial charge in [0.2, 0.25) is 0 Å². The summed E-state index contributed by atoms with van der Waals surface area (Å²) in [5.74, 6) is 0. The van der Waals surface area contributed by atoms with Crippen LogP contribution in [0, 0.1) is 0 Å². The fraction of sp³-hybridized carbons (Fsp3) is 0.400. The monoisotopic (exact) mass is 242 g/mol. The van der Waals surface area contributed by atoms with Gasteiger partial charge in [0.05, 0.1) is 0 Å². The lowest BCUT2D eigenvalue weighted by molar-refractivity contribution is 0.960. The molecule has 2 nitrogen and oxygen atoms in total. The third-order valence-corrected chi connectivity index (χ3v) is 2.55. The van der Waals surface area contributed by atoms with Gasteiger partial charge >= 0.3 is 0 Å². The van der Waals surface area contributed by atoms with Crippen molar-refractivity contribution in [3.63, 3.8) is 0 Å². The molecule has 0 amide bonds.